The molecule has 1 N–H and O–H groups in total. The van der Waals surface area contributed by atoms with Crippen LogP contribution < -0.4 is 19.7 Å². The Kier molecular flexibility index (Phi) is 8.77. The van der Waals surface area contributed by atoms with Crippen LogP contribution in [0.2, 0.25) is 5.02 Å². The quantitative estimate of drug-likeness (QED) is 0.196. The summed E-state index contributed by atoms with van der Waals surface area (Å²) in [5, 5.41) is 3.86. The molecule has 0 unspecified atom stereocenters. The van der Waals surface area contributed by atoms with Gasteiger partial charge in [0.1, 0.15) is 11.5 Å². The molecule has 0 saturated carbocycles. The van der Waals surface area contributed by atoms with Crippen molar-refractivity contribution < 1.29 is 14.3 Å². The lowest BCUT2D eigenvalue weighted by Gasteiger charge is -2.21. The first-order chi connectivity index (χ1) is 17.5. The Labute approximate surface area is 221 Å². The number of hydrogen-bond acceptors (Lipinski definition) is 4. The van der Waals surface area contributed by atoms with Crippen molar-refractivity contribution in [3.05, 3.63) is 94.3 Å². The van der Waals surface area contributed by atoms with Crippen LogP contribution >= 0.6 is 23.8 Å². The molecule has 0 fully saturated rings. The van der Waals surface area contributed by atoms with Crippen molar-refractivity contribution in [2.45, 2.75) is 25.7 Å². The molecule has 3 aromatic carbocycles. The Hall–Kier alpha value is -3.60. The smallest absolute Gasteiger partial charge is 0.257 e. The summed E-state index contributed by atoms with van der Waals surface area (Å²) < 4.78 is 11.8. The van der Waals surface area contributed by atoms with Gasteiger partial charge in [-0.2, -0.15) is 0 Å². The predicted octanol–water partition coefficient (Wildman–Crippen LogP) is 6.60. The molecular weight excluding hydrogens is 494 g/mol. The van der Waals surface area contributed by atoms with E-state index in [1.165, 1.54) is 0 Å². The van der Waals surface area contributed by atoms with Gasteiger partial charge in [0.25, 0.3) is 5.91 Å². The number of fused-ring (bicyclic) bond motifs is 1. The van der Waals surface area contributed by atoms with Gasteiger partial charge in [-0.05, 0) is 74.3 Å². The first-order valence-corrected chi connectivity index (χ1v) is 12.6. The fourth-order valence-corrected chi connectivity index (χ4v) is 4.36. The van der Waals surface area contributed by atoms with Crippen LogP contribution in [0.25, 0.3) is 4.85 Å². The highest BCUT2D eigenvalue weighted by Crippen LogP contribution is 2.35. The number of amides is 1. The Bertz CT molecular complexity index is 1260. The molecule has 0 radical (unpaired) electrons. The van der Waals surface area contributed by atoms with Crippen molar-refractivity contribution in [2.24, 2.45) is 0 Å². The highest BCUT2D eigenvalue weighted by atomic mass is 35.5. The van der Waals surface area contributed by atoms with Crippen LogP contribution in [0.3, 0.4) is 0 Å². The number of carbonyl (C=O) groups excluding carboxylic acids is 1. The van der Waals surface area contributed by atoms with Gasteiger partial charge in [-0.15, -0.1) is 0 Å². The second-order valence-corrected chi connectivity index (χ2v) is 9.11. The maximum absolute atomic E-state index is 12.6. The average Bonchev–Trinajstić information content (AvgIpc) is 3.34. The zero-order valence-electron chi connectivity index (χ0n) is 19.7. The number of thiocarbonyl (C=S) groups is 1. The van der Waals surface area contributed by atoms with E-state index in [0.717, 1.165) is 48.4 Å². The summed E-state index contributed by atoms with van der Waals surface area (Å²) in [5.74, 6) is 1.39. The molecule has 0 spiro atoms. The zero-order valence-corrected chi connectivity index (χ0v) is 21.3. The fraction of sp³-hybridized carbons (Fsp3) is 0.250. The van der Waals surface area contributed by atoms with E-state index in [4.69, 9.17) is 39.9 Å². The lowest BCUT2D eigenvalue weighted by molar-refractivity contribution is 0.0977. The molecule has 1 aliphatic heterocycles. The largest absolute Gasteiger partial charge is 0.494 e. The molecule has 1 aliphatic rings. The molecule has 8 heteroatoms. The molecule has 0 bridgehead atoms. The predicted molar refractivity (Wildman–Crippen MR) is 147 cm³/mol. The number of rotatable bonds is 9. The van der Waals surface area contributed by atoms with Gasteiger partial charge in [0.15, 0.2) is 10.8 Å². The minimum Gasteiger partial charge on any atom is -0.494 e. The number of ether oxygens (including phenoxy) is 2. The molecule has 184 valence electrons. The minimum absolute atomic E-state index is 0.294. The number of hydrogen-bond donors (Lipinski definition) is 1. The average molecular weight is 520 g/mol. The van der Waals surface area contributed by atoms with Gasteiger partial charge in [-0.3, -0.25) is 10.1 Å². The Morgan fingerprint density at radius 2 is 1.72 bits per heavy atom. The maximum Gasteiger partial charge on any atom is 0.257 e. The van der Waals surface area contributed by atoms with Crippen LogP contribution in [0.5, 0.6) is 11.5 Å². The van der Waals surface area contributed by atoms with E-state index < -0.39 is 0 Å². The lowest BCUT2D eigenvalue weighted by Crippen LogP contribution is -2.41. The number of unbranched alkanes of at least 4 members (excludes halogenated alkanes) is 2. The summed E-state index contributed by atoms with van der Waals surface area (Å²) in [6.45, 7) is 8.98. The number of benzene rings is 3. The number of carbonyl (C=O) groups is 1. The van der Waals surface area contributed by atoms with Gasteiger partial charge >= 0.3 is 0 Å². The van der Waals surface area contributed by atoms with Crippen LogP contribution in [0.15, 0.2) is 66.7 Å². The van der Waals surface area contributed by atoms with Crippen LogP contribution in [-0.4, -0.2) is 30.8 Å². The van der Waals surface area contributed by atoms with Crippen molar-refractivity contribution in [1.82, 2.24) is 5.32 Å². The molecule has 0 aliphatic carbocycles. The van der Waals surface area contributed by atoms with Gasteiger partial charge in [0.05, 0.1) is 25.5 Å². The monoisotopic (exact) mass is 519 g/mol. The van der Waals surface area contributed by atoms with Crippen LogP contribution in [0.4, 0.5) is 11.4 Å². The van der Waals surface area contributed by atoms with E-state index in [-0.39, 0.29) is 5.91 Å². The fourth-order valence-electron chi connectivity index (χ4n) is 3.96. The molecule has 4 rings (SSSR count). The molecule has 3 aromatic rings. The summed E-state index contributed by atoms with van der Waals surface area (Å²) in [5.41, 5.74) is 3.00. The Morgan fingerprint density at radius 1 is 1.00 bits per heavy atom. The van der Waals surface area contributed by atoms with Crippen LogP contribution in [0, 0.1) is 6.57 Å². The number of nitrogens with zero attached hydrogens (tertiary/aromatic N) is 2. The number of anilines is 1. The standard InChI is InChI=1S/C28H26ClN3O3S/c1-30-22-12-8-20(9-13-22)27(33)31-28(36)32-17-16-24-25(32)6-5-7-26(24)35-19-4-2-3-18-34-23-14-10-21(29)11-15-23/h5-15H,2-4,16-19H2,(H,31,33,36). The first kappa shape index (κ1) is 25.5. The summed E-state index contributed by atoms with van der Waals surface area (Å²) in [6, 6.07) is 19.8. The van der Waals surface area contributed by atoms with Gasteiger partial charge in [-0.25, -0.2) is 4.85 Å². The second kappa shape index (κ2) is 12.4. The van der Waals surface area contributed by atoms with E-state index in [0.29, 0.717) is 41.1 Å². The SMILES string of the molecule is [C-]#[N+]c1ccc(C(=O)NC(=S)N2CCc3c(OCCCCCOc4ccc(Cl)cc4)cccc32)cc1. The molecular formula is C28H26ClN3O3S. The molecule has 0 aromatic heterocycles. The van der Waals surface area contributed by atoms with Crippen LogP contribution in [0.1, 0.15) is 35.2 Å². The zero-order chi connectivity index (χ0) is 25.3. The van der Waals surface area contributed by atoms with Crippen molar-refractivity contribution >= 4 is 46.2 Å². The molecule has 36 heavy (non-hydrogen) atoms. The molecule has 1 heterocycles. The number of halogens is 1. The van der Waals surface area contributed by atoms with E-state index in [1.807, 2.05) is 47.4 Å². The summed E-state index contributed by atoms with van der Waals surface area (Å²) in [4.78, 5) is 17.9. The molecule has 0 saturated heterocycles. The van der Waals surface area contributed by atoms with Crippen LogP contribution in [-0.2, 0) is 6.42 Å². The Balaban J connectivity index is 1.23. The van der Waals surface area contributed by atoms with Crippen molar-refractivity contribution in [2.75, 3.05) is 24.7 Å². The summed E-state index contributed by atoms with van der Waals surface area (Å²) in [6.07, 6.45) is 3.66. The van der Waals surface area contributed by atoms with E-state index in [1.54, 1.807) is 24.3 Å². The van der Waals surface area contributed by atoms with Crippen molar-refractivity contribution in [1.29, 1.82) is 0 Å². The third kappa shape index (κ3) is 6.54. The summed E-state index contributed by atoms with van der Waals surface area (Å²) >= 11 is 11.4. The van der Waals surface area contributed by atoms with Crippen molar-refractivity contribution in [3.63, 3.8) is 0 Å². The van der Waals surface area contributed by atoms with Gasteiger partial charge < -0.3 is 14.4 Å². The molecule has 1 amide bonds. The topological polar surface area (TPSA) is 55.2 Å². The first-order valence-electron chi connectivity index (χ1n) is 11.8. The highest BCUT2D eigenvalue weighted by molar-refractivity contribution is 7.80. The molecule has 6 nitrogen and oxygen atoms in total. The van der Waals surface area contributed by atoms with E-state index >= 15 is 0 Å². The number of nitrogens with one attached hydrogen (secondary N) is 1. The third-order valence-electron chi connectivity index (χ3n) is 5.84. The van der Waals surface area contributed by atoms with Gasteiger partial charge in [-0.1, -0.05) is 41.9 Å². The Morgan fingerprint density at radius 3 is 2.44 bits per heavy atom. The van der Waals surface area contributed by atoms with Crippen molar-refractivity contribution in [3.8, 4) is 11.5 Å². The van der Waals surface area contributed by atoms with E-state index in [2.05, 4.69) is 10.2 Å². The maximum atomic E-state index is 12.6. The third-order valence-corrected chi connectivity index (χ3v) is 6.41. The normalized spacial score (nSPS) is 11.9. The van der Waals surface area contributed by atoms with E-state index in [9.17, 15) is 4.79 Å². The highest BCUT2D eigenvalue weighted by Gasteiger charge is 2.26. The van der Waals surface area contributed by atoms with Gasteiger partial charge in [0.2, 0.25) is 0 Å². The van der Waals surface area contributed by atoms with Gasteiger partial charge in [0, 0.05) is 22.7 Å². The molecule has 0 atom stereocenters. The minimum atomic E-state index is -0.294. The lowest BCUT2D eigenvalue weighted by atomic mass is 10.1. The summed E-state index contributed by atoms with van der Waals surface area (Å²) in [7, 11) is 0. The second-order valence-electron chi connectivity index (χ2n) is 8.28.